The third kappa shape index (κ3) is 4.14. The number of H-pyrrole nitrogens is 1. The molecule has 4 heterocycles. The number of anilines is 1. The molecular weight excluding hydrogens is 550 g/mol. The second-order valence-electron chi connectivity index (χ2n) is 9.11. The number of thiazole rings is 1. The molecule has 0 atom stereocenters. The molecule has 2 N–H and O–H groups in total. The van der Waals surface area contributed by atoms with E-state index in [9.17, 15) is 13.2 Å². The lowest BCUT2D eigenvalue weighted by atomic mass is 10.1. The zero-order chi connectivity index (χ0) is 26.6. The topological polar surface area (TPSA) is 136 Å². The molecule has 6 rings (SSSR count). The maximum absolute atomic E-state index is 13.3. The normalized spacial score (nSPS) is 14.6. The maximum atomic E-state index is 13.3. The third-order valence-electron chi connectivity index (χ3n) is 6.64. The van der Waals surface area contributed by atoms with Gasteiger partial charge in [-0.2, -0.15) is 8.42 Å². The van der Waals surface area contributed by atoms with E-state index in [2.05, 4.69) is 19.7 Å². The number of ether oxygens (including phenoxy) is 1. The van der Waals surface area contributed by atoms with Gasteiger partial charge in [0.25, 0.3) is 15.6 Å². The highest BCUT2D eigenvalue weighted by atomic mass is 35.5. The van der Waals surface area contributed by atoms with E-state index in [0.717, 1.165) is 31.5 Å². The summed E-state index contributed by atoms with van der Waals surface area (Å²) in [5, 5.41) is 6.20. The number of hydrogen-bond acceptors (Lipinski definition) is 8. The van der Waals surface area contributed by atoms with Crippen LogP contribution in [0.1, 0.15) is 50.0 Å². The summed E-state index contributed by atoms with van der Waals surface area (Å²) in [6.45, 7) is 4.01. The number of aryl methyl sites for hydroxylation is 1. The van der Waals surface area contributed by atoms with E-state index in [0.29, 0.717) is 34.1 Å². The van der Waals surface area contributed by atoms with E-state index >= 15 is 0 Å². The summed E-state index contributed by atoms with van der Waals surface area (Å²) in [5.41, 5.74) is 1.36. The molecule has 1 aliphatic rings. The molecule has 38 heavy (non-hydrogen) atoms. The molecule has 0 radical (unpaired) electrons. The maximum Gasteiger partial charge on any atom is 0.281 e. The number of nitrogens with zero attached hydrogens (tertiary/aromatic N) is 5. The standard InChI is InChI=1S/C24H24ClN7O4S2/c1-3-36-17-9-8-15(30-38(34,35)23-19(25)27-24-31(23)10-11-37-24)12-16(17)20-28-22(33)18-13(2)26-21(32(18)29-20)14-6-4-5-7-14/h8-12,14,30H,3-7H2,1-2H3,(H,28,29,33). The Morgan fingerprint density at radius 3 is 2.82 bits per heavy atom. The van der Waals surface area contributed by atoms with Crippen LogP contribution in [-0.2, 0) is 10.0 Å². The van der Waals surface area contributed by atoms with Gasteiger partial charge in [-0.1, -0.05) is 24.4 Å². The molecule has 11 nitrogen and oxygen atoms in total. The van der Waals surface area contributed by atoms with Crippen LogP contribution in [0.4, 0.5) is 5.69 Å². The lowest BCUT2D eigenvalue weighted by Crippen LogP contribution is -2.17. The minimum Gasteiger partial charge on any atom is -0.493 e. The smallest absolute Gasteiger partial charge is 0.281 e. The minimum atomic E-state index is -4.10. The molecule has 1 saturated carbocycles. The van der Waals surface area contributed by atoms with Gasteiger partial charge in [0.1, 0.15) is 11.6 Å². The Kier molecular flexibility index (Phi) is 6.16. The predicted molar refractivity (Wildman–Crippen MR) is 145 cm³/mol. The predicted octanol–water partition coefficient (Wildman–Crippen LogP) is 4.61. The van der Waals surface area contributed by atoms with E-state index in [-0.39, 0.29) is 33.2 Å². The number of fused-ring (bicyclic) bond motifs is 2. The van der Waals surface area contributed by atoms with Gasteiger partial charge in [-0.3, -0.25) is 13.9 Å². The fourth-order valence-electron chi connectivity index (χ4n) is 5.01. The lowest BCUT2D eigenvalue weighted by molar-refractivity contribution is 0.341. The summed E-state index contributed by atoms with van der Waals surface area (Å²) in [7, 11) is -4.10. The lowest BCUT2D eigenvalue weighted by Gasteiger charge is -2.14. The number of imidazole rings is 2. The van der Waals surface area contributed by atoms with Gasteiger partial charge < -0.3 is 9.72 Å². The highest BCUT2D eigenvalue weighted by Gasteiger charge is 2.27. The van der Waals surface area contributed by atoms with Gasteiger partial charge in [-0.25, -0.2) is 14.5 Å². The fourth-order valence-corrected chi connectivity index (χ4v) is 7.51. The van der Waals surface area contributed by atoms with Crippen LogP contribution in [0.25, 0.3) is 21.9 Å². The largest absolute Gasteiger partial charge is 0.493 e. The number of nitrogens with one attached hydrogen (secondary N) is 2. The third-order valence-corrected chi connectivity index (χ3v) is 9.18. The Balaban J connectivity index is 1.46. The van der Waals surface area contributed by atoms with Crippen molar-refractivity contribution in [1.82, 2.24) is 29.0 Å². The first-order valence-electron chi connectivity index (χ1n) is 12.2. The van der Waals surface area contributed by atoms with Crippen LogP contribution in [0.5, 0.6) is 5.75 Å². The highest BCUT2D eigenvalue weighted by molar-refractivity contribution is 7.92. The van der Waals surface area contributed by atoms with Gasteiger partial charge in [-0.05, 0) is 44.9 Å². The zero-order valence-electron chi connectivity index (χ0n) is 20.6. The SMILES string of the molecule is CCOc1ccc(NS(=O)(=O)c2c(Cl)nc3sccn23)cc1-c1nn2c(C3CCCC3)nc(C)c2c(=O)[nH]1. The Labute approximate surface area is 226 Å². The molecule has 0 saturated heterocycles. The molecule has 14 heteroatoms. The quantitative estimate of drug-likeness (QED) is 0.290. The average Bonchev–Trinajstić information content (AvgIpc) is 3.64. The van der Waals surface area contributed by atoms with Crippen molar-refractivity contribution in [3.8, 4) is 17.1 Å². The monoisotopic (exact) mass is 573 g/mol. The van der Waals surface area contributed by atoms with Crippen molar-refractivity contribution in [3.63, 3.8) is 0 Å². The van der Waals surface area contributed by atoms with Gasteiger partial charge in [0.15, 0.2) is 26.5 Å². The number of halogens is 1. The second-order valence-corrected chi connectivity index (χ2v) is 11.9. The van der Waals surface area contributed by atoms with Crippen molar-refractivity contribution in [2.45, 2.75) is 50.5 Å². The van der Waals surface area contributed by atoms with Gasteiger partial charge in [0.05, 0.1) is 17.9 Å². The molecule has 5 aromatic rings. The molecule has 198 valence electrons. The van der Waals surface area contributed by atoms with Crippen molar-refractivity contribution in [2.24, 2.45) is 0 Å². The van der Waals surface area contributed by atoms with Crippen molar-refractivity contribution < 1.29 is 13.2 Å². The van der Waals surface area contributed by atoms with E-state index in [4.69, 9.17) is 21.4 Å². The summed E-state index contributed by atoms with van der Waals surface area (Å²) in [6.07, 6.45) is 5.82. The first kappa shape index (κ1) is 24.9. The molecule has 1 aromatic carbocycles. The van der Waals surface area contributed by atoms with Crippen molar-refractivity contribution >= 4 is 49.1 Å². The van der Waals surface area contributed by atoms with Crippen LogP contribution in [0.3, 0.4) is 0 Å². The van der Waals surface area contributed by atoms with Crippen LogP contribution in [0.15, 0.2) is 39.6 Å². The number of aromatic amines is 1. The van der Waals surface area contributed by atoms with Gasteiger partial charge in [-0.15, -0.1) is 16.4 Å². The summed E-state index contributed by atoms with van der Waals surface area (Å²) in [5.74, 6) is 1.69. The number of rotatable bonds is 7. The molecule has 0 unspecified atom stereocenters. The van der Waals surface area contributed by atoms with Crippen molar-refractivity contribution in [1.29, 1.82) is 0 Å². The Morgan fingerprint density at radius 2 is 2.05 bits per heavy atom. The molecule has 1 aliphatic carbocycles. The number of aromatic nitrogens is 6. The van der Waals surface area contributed by atoms with Crippen LogP contribution >= 0.6 is 22.9 Å². The van der Waals surface area contributed by atoms with Crippen LogP contribution < -0.4 is 15.0 Å². The van der Waals surface area contributed by atoms with Gasteiger partial charge in [0, 0.05) is 23.2 Å². The molecule has 0 aliphatic heterocycles. The van der Waals surface area contributed by atoms with Crippen LogP contribution in [0.2, 0.25) is 5.15 Å². The molecule has 4 aromatic heterocycles. The number of hydrogen-bond donors (Lipinski definition) is 2. The first-order chi connectivity index (χ1) is 18.3. The molecule has 0 spiro atoms. The fraction of sp³-hybridized carbons (Fsp3) is 0.333. The molecule has 0 amide bonds. The zero-order valence-corrected chi connectivity index (χ0v) is 23.0. The minimum absolute atomic E-state index is 0.123. The van der Waals surface area contributed by atoms with Crippen LogP contribution in [-0.4, -0.2) is 44.0 Å². The van der Waals surface area contributed by atoms with Crippen LogP contribution in [0, 0.1) is 6.92 Å². The summed E-state index contributed by atoms with van der Waals surface area (Å²) in [6, 6.07) is 4.79. The highest BCUT2D eigenvalue weighted by Crippen LogP contribution is 2.35. The Morgan fingerprint density at radius 1 is 1.26 bits per heavy atom. The van der Waals surface area contributed by atoms with E-state index in [1.54, 1.807) is 41.2 Å². The molecular formula is C24H24ClN7O4S2. The van der Waals surface area contributed by atoms with Gasteiger partial charge in [0.2, 0.25) is 0 Å². The Hall–Kier alpha value is -3.42. The summed E-state index contributed by atoms with van der Waals surface area (Å²) < 4.78 is 38.0. The first-order valence-corrected chi connectivity index (χ1v) is 14.9. The van der Waals surface area contributed by atoms with E-state index in [1.165, 1.54) is 15.7 Å². The van der Waals surface area contributed by atoms with E-state index in [1.807, 2.05) is 6.92 Å². The summed E-state index contributed by atoms with van der Waals surface area (Å²) in [4.78, 5) is 25.3. The number of benzene rings is 1. The second kappa shape index (κ2) is 9.40. The summed E-state index contributed by atoms with van der Waals surface area (Å²) >= 11 is 7.45. The molecule has 1 fully saturated rings. The van der Waals surface area contributed by atoms with E-state index < -0.39 is 10.0 Å². The molecule has 0 bridgehead atoms. The van der Waals surface area contributed by atoms with Crippen molar-refractivity contribution in [3.05, 3.63) is 56.8 Å². The van der Waals surface area contributed by atoms with Crippen molar-refractivity contribution in [2.75, 3.05) is 11.3 Å². The van der Waals surface area contributed by atoms with Gasteiger partial charge >= 0.3 is 0 Å². The number of sulfonamides is 1. The average molecular weight is 574 g/mol. The Bertz CT molecular complexity index is 1850.